The lowest BCUT2D eigenvalue weighted by Crippen LogP contribution is -2.40. The van der Waals surface area contributed by atoms with Crippen LogP contribution in [0.1, 0.15) is 12.1 Å². The van der Waals surface area contributed by atoms with Crippen molar-refractivity contribution in [3.8, 4) is 0 Å². The lowest BCUT2D eigenvalue weighted by molar-refractivity contribution is 0.331. The van der Waals surface area contributed by atoms with Gasteiger partial charge in [0.2, 0.25) is 10.0 Å². The maximum Gasteiger partial charge on any atom is 0.243 e. The molecule has 7 heteroatoms. The zero-order valence-corrected chi connectivity index (χ0v) is 14.1. The third-order valence-electron chi connectivity index (χ3n) is 3.78. The van der Waals surface area contributed by atoms with Gasteiger partial charge >= 0.3 is 0 Å². The normalized spacial score (nSPS) is 18.4. The minimum Gasteiger partial charge on any atom is -0.260 e. The van der Waals surface area contributed by atoms with Crippen LogP contribution in [-0.4, -0.2) is 35.3 Å². The molecular formula is C16H17FN2O2S2. The summed E-state index contributed by atoms with van der Waals surface area (Å²) in [5.41, 5.74) is 0.704. The average molecular weight is 352 g/mol. The Morgan fingerprint density at radius 2 is 2.00 bits per heavy atom. The molecule has 4 nitrogen and oxygen atoms in total. The van der Waals surface area contributed by atoms with Crippen LogP contribution in [0.15, 0.2) is 53.6 Å². The lowest BCUT2D eigenvalue weighted by Gasteiger charge is -2.27. The van der Waals surface area contributed by atoms with E-state index in [1.807, 2.05) is 12.1 Å². The van der Waals surface area contributed by atoms with E-state index in [1.165, 1.54) is 28.6 Å². The molecule has 1 saturated heterocycles. The molecule has 1 aliphatic heterocycles. The first-order valence-electron chi connectivity index (χ1n) is 7.32. The number of benzene rings is 1. The van der Waals surface area contributed by atoms with Gasteiger partial charge in [-0.3, -0.25) is 4.98 Å². The van der Waals surface area contributed by atoms with Crippen molar-refractivity contribution < 1.29 is 12.8 Å². The van der Waals surface area contributed by atoms with Gasteiger partial charge in [0.05, 0.1) is 17.1 Å². The summed E-state index contributed by atoms with van der Waals surface area (Å²) in [6, 6.07) is 10.4. The molecule has 0 amide bonds. The Bertz CT molecular complexity index is 745. The lowest BCUT2D eigenvalue weighted by atomic mass is 10.2. The SMILES string of the molecule is O=S(=O)(c1ccc(F)cc1)N(Cc1ccccn1)[C@H]1CCSC1. The highest BCUT2D eigenvalue weighted by Gasteiger charge is 2.33. The maximum atomic E-state index is 13.1. The molecule has 0 N–H and O–H groups in total. The first-order valence-corrected chi connectivity index (χ1v) is 9.92. The largest absolute Gasteiger partial charge is 0.260 e. The number of pyridine rings is 1. The average Bonchev–Trinajstić information content (AvgIpc) is 3.08. The second-order valence-corrected chi connectivity index (χ2v) is 8.38. The van der Waals surface area contributed by atoms with Crippen LogP contribution in [0.2, 0.25) is 0 Å². The summed E-state index contributed by atoms with van der Waals surface area (Å²) < 4.78 is 40.6. The standard InChI is InChI=1S/C16H17FN2O2S2/c17-13-4-6-16(7-5-13)23(20,21)19(15-8-10-22-12-15)11-14-3-1-2-9-18-14/h1-7,9,15H,8,10-12H2/t15-/m0/s1. The molecule has 0 radical (unpaired) electrons. The molecule has 0 bridgehead atoms. The summed E-state index contributed by atoms with van der Waals surface area (Å²) in [5, 5.41) is 0. The fourth-order valence-corrected chi connectivity index (χ4v) is 5.50. The van der Waals surface area contributed by atoms with Gasteiger partial charge in [0.25, 0.3) is 0 Å². The minimum absolute atomic E-state index is 0.0583. The molecule has 1 aromatic heterocycles. The number of hydrogen-bond donors (Lipinski definition) is 0. The van der Waals surface area contributed by atoms with E-state index in [2.05, 4.69) is 4.98 Å². The van der Waals surface area contributed by atoms with Crippen LogP contribution in [-0.2, 0) is 16.6 Å². The predicted molar refractivity (Wildman–Crippen MR) is 89.1 cm³/mol. The van der Waals surface area contributed by atoms with Gasteiger partial charge in [0.1, 0.15) is 5.82 Å². The van der Waals surface area contributed by atoms with Crippen LogP contribution in [0, 0.1) is 5.82 Å². The molecule has 1 aromatic carbocycles. The van der Waals surface area contributed by atoms with E-state index in [9.17, 15) is 12.8 Å². The van der Waals surface area contributed by atoms with Gasteiger partial charge < -0.3 is 0 Å². The smallest absolute Gasteiger partial charge is 0.243 e. The molecule has 23 heavy (non-hydrogen) atoms. The van der Waals surface area contributed by atoms with Gasteiger partial charge in [-0.05, 0) is 48.6 Å². The van der Waals surface area contributed by atoms with Crippen LogP contribution in [0.4, 0.5) is 4.39 Å². The van der Waals surface area contributed by atoms with Crippen molar-refractivity contribution in [1.29, 1.82) is 0 Å². The van der Waals surface area contributed by atoms with Crippen molar-refractivity contribution in [2.75, 3.05) is 11.5 Å². The molecule has 0 unspecified atom stereocenters. The molecule has 122 valence electrons. The van der Waals surface area contributed by atoms with Crippen molar-refractivity contribution in [2.45, 2.75) is 23.9 Å². The Balaban J connectivity index is 1.94. The summed E-state index contributed by atoms with van der Waals surface area (Å²) in [7, 11) is -3.69. The van der Waals surface area contributed by atoms with Crippen LogP contribution < -0.4 is 0 Å². The Kier molecular flexibility index (Phi) is 4.99. The van der Waals surface area contributed by atoms with E-state index < -0.39 is 15.8 Å². The van der Waals surface area contributed by atoms with E-state index in [4.69, 9.17) is 0 Å². The van der Waals surface area contributed by atoms with Crippen molar-refractivity contribution >= 4 is 21.8 Å². The number of rotatable bonds is 5. The zero-order chi connectivity index (χ0) is 16.3. The summed E-state index contributed by atoms with van der Waals surface area (Å²) in [5.74, 6) is 1.27. The summed E-state index contributed by atoms with van der Waals surface area (Å²) >= 11 is 1.75. The predicted octanol–water partition coefficient (Wildman–Crippen LogP) is 2.92. The molecule has 0 spiro atoms. The van der Waals surface area contributed by atoms with Crippen molar-refractivity contribution in [2.24, 2.45) is 0 Å². The Hall–Kier alpha value is -1.44. The van der Waals surface area contributed by atoms with E-state index in [0.717, 1.165) is 17.9 Å². The molecule has 0 aliphatic carbocycles. The second kappa shape index (κ2) is 6.98. The van der Waals surface area contributed by atoms with Crippen LogP contribution in [0.3, 0.4) is 0 Å². The van der Waals surface area contributed by atoms with Gasteiger partial charge in [-0.1, -0.05) is 6.07 Å². The molecule has 1 fully saturated rings. The number of nitrogens with zero attached hydrogens (tertiary/aromatic N) is 2. The van der Waals surface area contributed by atoms with Crippen molar-refractivity contribution in [3.05, 3.63) is 60.2 Å². The highest BCUT2D eigenvalue weighted by Crippen LogP contribution is 2.29. The number of halogens is 1. The Morgan fingerprint density at radius 3 is 2.61 bits per heavy atom. The first-order chi connectivity index (χ1) is 11.1. The number of hydrogen-bond acceptors (Lipinski definition) is 4. The molecule has 3 rings (SSSR count). The summed E-state index contributed by atoms with van der Waals surface area (Å²) in [6.07, 6.45) is 2.47. The van der Waals surface area contributed by atoms with Crippen molar-refractivity contribution in [1.82, 2.24) is 9.29 Å². The quantitative estimate of drug-likeness (QED) is 0.830. The fraction of sp³-hybridized carbons (Fsp3) is 0.312. The Labute approximate surface area is 139 Å². The highest BCUT2D eigenvalue weighted by atomic mass is 32.2. The molecule has 2 heterocycles. The molecule has 1 aliphatic rings. The van der Waals surface area contributed by atoms with E-state index in [0.29, 0.717) is 5.69 Å². The molecule has 0 saturated carbocycles. The highest BCUT2D eigenvalue weighted by molar-refractivity contribution is 7.99. The second-order valence-electron chi connectivity index (χ2n) is 5.34. The van der Waals surface area contributed by atoms with Gasteiger partial charge in [0.15, 0.2) is 0 Å². The molecular weight excluding hydrogens is 335 g/mol. The fourth-order valence-electron chi connectivity index (χ4n) is 2.55. The van der Waals surface area contributed by atoms with E-state index in [1.54, 1.807) is 24.0 Å². The van der Waals surface area contributed by atoms with Crippen LogP contribution in [0.25, 0.3) is 0 Å². The number of thioether (sulfide) groups is 1. The van der Waals surface area contributed by atoms with Gasteiger partial charge in [-0.15, -0.1) is 0 Å². The molecule has 2 aromatic rings. The Morgan fingerprint density at radius 1 is 1.22 bits per heavy atom. The van der Waals surface area contributed by atoms with Crippen LogP contribution >= 0.6 is 11.8 Å². The monoisotopic (exact) mass is 352 g/mol. The number of aromatic nitrogens is 1. The third kappa shape index (κ3) is 3.73. The van der Waals surface area contributed by atoms with Crippen molar-refractivity contribution in [3.63, 3.8) is 0 Å². The first kappa shape index (κ1) is 16.4. The van der Waals surface area contributed by atoms with Gasteiger partial charge in [0, 0.05) is 18.0 Å². The molecule has 1 atom stereocenters. The zero-order valence-electron chi connectivity index (χ0n) is 12.4. The third-order valence-corrected chi connectivity index (χ3v) is 6.83. The summed E-state index contributed by atoms with van der Waals surface area (Å²) in [6.45, 7) is 0.228. The maximum absolute atomic E-state index is 13.1. The van der Waals surface area contributed by atoms with Gasteiger partial charge in [-0.2, -0.15) is 16.1 Å². The topological polar surface area (TPSA) is 50.3 Å². The summed E-state index contributed by atoms with van der Waals surface area (Å²) in [4.78, 5) is 4.36. The van der Waals surface area contributed by atoms with Gasteiger partial charge in [-0.25, -0.2) is 12.8 Å². The van der Waals surface area contributed by atoms with Crippen LogP contribution in [0.5, 0.6) is 0 Å². The van der Waals surface area contributed by atoms with E-state index in [-0.39, 0.29) is 17.5 Å². The van der Waals surface area contributed by atoms with E-state index >= 15 is 0 Å². The minimum atomic E-state index is -3.69. The number of sulfonamides is 1.